The number of rotatable bonds is 7. The molecule has 1 unspecified atom stereocenters. The Bertz CT molecular complexity index is 865. The van der Waals surface area contributed by atoms with Gasteiger partial charge in [-0.05, 0) is 49.3 Å². The first kappa shape index (κ1) is 18.8. The van der Waals surface area contributed by atoms with Gasteiger partial charge in [0.2, 0.25) is 5.91 Å². The summed E-state index contributed by atoms with van der Waals surface area (Å²) >= 11 is 1.51. The van der Waals surface area contributed by atoms with Crippen molar-refractivity contribution >= 4 is 39.8 Å². The van der Waals surface area contributed by atoms with Crippen LogP contribution in [0.1, 0.15) is 35.3 Å². The van der Waals surface area contributed by atoms with Crippen molar-refractivity contribution in [3.8, 4) is 0 Å². The van der Waals surface area contributed by atoms with Crippen molar-refractivity contribution in [2.45, 2.75) is 38.3 Å². The molecule has 0 radical (unpaired) electrons. The molecule has 2 atom stereocenters. The number of hydrogen-bond acceptors (Lipinski definition) is 7. The molecule has 2 aromatic heterocycles. The Labute approximate surface area is 161 Å². The SMILES string of the molecule is C=CC(=O)NC1CC[C@@H](Nc2cnc(C(N)=O)c(Nc3cc(C)cs3)n2)C1. The molecule has 0 spiro atoms. The van der Waals surface area contributed by atoms with Crippen molar-refractivity contribution in [1.29, 1.82) is 0 Å². The molecule has 9 heteroatoms. The monoisotopic (exact) mass is 386 g/mol. The summed E-state index contributed by atoms with van der Waals surface area (Å²) < 4.78 is 0. The highest BCUT2D eigenvalue weighted by molar-refractivity contribution is 7.14. The zero-order valence-corrected chi connectivity index (χ0v) is 15.8. The molecule has 3 rings (SSSR count). The van der Waals surface area contributed by atoms with Gasteiger partial charge < -0.3 is 21.7 Å². The minimum Gasteiger partial charge on any atom is -0.366 e. The van der Waals surface area contributed by atoms with E-state index in [4.69, 9.17) is 5.73 Å². The van der Waals surface area contributed by atoms with E-state index in [1.165, 1.54) is 23.6 Å². The van der Waals surface area contributed by atoms with Crippen molar-refractivity contribution in [2.75, 3.05) is 10.6 Å². The molecule has 1 fully saturated rings. The van der Waals surface area contributed by atoms with E-state index in [1.54, 1.807) is 0 Å². The summed E-state index contributed by atoms with van der Waals surface area (Å²) in [5.41, 5.74) is 6.62. The molecule has 0 aromatic carbocycles. The summed E-state index contributed by atoms with van der Waals surface area (Å²) in [6, 6.07) is 2.23. The summed E-state index contributed by atoms with van der Waals surface area (Å²) in [7, 11) is 0. The van der Waals surface area contributed by atoms with Crippen LogP contribution in [-0.4, -0.2) is 33.9 Å². The third kappa shape index (κ3) is 4.82. The molecule has 2 heterocycles. The predicted octanol–water partition coefficient (Wildman–Crippen LogP) is 2.32. The number of primary amides is 1. The Kier molecular flexibility index (Phi) is 5.70. The van der Waals surface area contributed by atoms with Gasteiger partial charge in [0, 0.05) is 12.1 Å². The Hall–Kier alpha value is -2.94. The van der Waals surface area contributed by atoms with Crippen LogP contribution in [0.25, 0.3) is 0 Å². The van der Waals surface area contributed by atoms with Gasteiger partial charge in [0.15, 0.2) is 11.5 Å². The number of nitrogens with two attached hydrogens (primary N) is 1. The number of nitrogens with zero attached hydrogens (tertiary/aromatic N) is 2. The molecular weight excluding hydrogens is 364 g/mol. The standard InChI is InChI=1S/C18H22N6O2S/c1-3-14(25)22-12-5-4-11(7-12)21-13-8-20-16(17(19)26)18(23-13)24-15-6-10(2)9-27-15/h3,6,8-9,11-12H,1,4-5,7H2,2H3,(H2,19,26)(H,22,25)(H2,21,23,24)/t11-,12?/m1/s1. The third-order valence-electron chi connectivity index (χ3n) is 4.29. The van der Waals surface area contributed by atoms with Crippen molar-refractivity contribution in [3.05, 3.63) is 41.6 Å². The van der Waals surface area contributed by atoms with Crippen LogP contribution in [0, 0.1) is 6.92 Å². The van der Waals surface area contributed by atoms with Gasteiger partial charge >= 0.3 is 0 Å². The van der Waals surface area contributed by atoms with E-state index >= 15 is 0 Å². The minimum atomic E-state index is -0.641. The van der Waals surface area contributed by atoms with Crippen LogP contribution in [0.15, 0.2) is 30.3 Å². The average molecular weight is 386 g/mol. The van der Waals surface area contributed by atoms with Gasteiger partial charge in [-0.15, -0.1) is 11.3 Å². The van der Waals surface area contributed by atoms with Gasteiger partial charge in [-0.1, -0.05) is 6.58 Å². The number of nitrogens with one attached hydrogen (secondary N) is 3. The number of amides is 2. The number of carbonyl (C=O) groups excluding carboxylic acids is 2. The molecular formula is C18H22N6O2S. The second-order valence-corrected chi connectivity index (χ2v) is 7.41. The lowest BCUT2D eigenvalue weighted by Gasteiger charge is -2.16. The van der Waals surface area contributed by atoms with Gasteiger partial charge in [-0.2, -0.15) is 0 Å². The first-order chi connectivity index (χ1) is 12.9. The van der Waals surface area contributed by atoms with E-state index in [2.05, 4.69) is 32.5 Å². The molecule has 27 heavy (non-hydrogen) atoms. The smallest absolute Gasteiger partial charge is 0.271 e. The Morgan fingerprint density at radius 3 is 2.81 bits per heavy atom. The number of aryl methyl sites for hydroxylation is 1. The summed E-state index contributed by atoms with van der Waals surface area (Å²) in [6.07, 6.45) is 5.34. The van der Waals surface area contributed by atoms with Gasteiger partial charge in [0.05, 0.1) is 11.2 Å². The molecule has 8 nitrogen and oxygen atoms in total. The summed E-state index contributed by atoms with van der Waals surface area (Å²) in [5.74, 6) is 0.0715. The van der Waals surface area contributed by atoms with Gasteiger partial charge in [-0.25, -0.2) is 9.97 Å². The highest BCUT2D eigenvalue weighted by atomic mass is 32.1. The first-order valence-electron chi connectivity index (χ1n) is 8.63. The van der Waals surface area contributed by atoms with E-state index < -0.39 is 5.91 Å². The van der Waals surface area contributed by atoms with E-state index in [0.29, 0.717) is 11.6 Å². The van der Waals surface area contributed by atoms with Crippen LogP contribution < -0.4 is 21.7 Å². The molecule has 1 saturated carbocycles. The number of thiophene rings is 1. The molecule has 5 N–H and O–H groups in total. The van der Waals surface area contributed by atoms with Crippen molar-refractivity contribution in [1.82, 2.24) is 15.3 Å². The lowest BCUT2D eigenvalue weighted by molar-refractivity contribution is -0.117. The fraction of sp³-hybridized carbons (Fsp3) is 0.333. The van der Waals surface area contributed by atoms with Crippen molar-refractivity contribution < 1.29 is 9.59 Å². The van der Waals surface area contributed by atoms with Crippen LogP contribution in [0.2, 0.25) is 0 Å². The fourth-order valence-electron chi connectivity index (χ4n) is 3.05. The van der Waals surface area contributed by atoms with Gasteiger partial charge in [0.25, 0.3) is 5.91 Å². The molecule has 0 aliphatic heterocycles. The van der Waals surface area contributed by atoms with Crippen LogP contribution in [0.5, 0.6) is 0 Å². The number of hydrogen-bond donors (Lipinski definition) is 4. The molecule has 142 valence electrons. The minimum absolute atomic E-state index is 0.0918. The highest BCUT2D eigenvalue weighted by Gasteiger charge is 2.26. The Balaban J connectivity index is 1.71. The Morgan fingerprint density at radius 2 is 2.15 bits per heavy atom. The third-order valence-corrected chi connectivity index (χ3v) is 5.26. The van der Waals surface area contributed by atoms with E-state index in [9.17, 15) is 9.59 Å². The second kappa shape index (κ2) is 8.17. The normalized spacial score (nSPS) is 18.7. The number of aromatic nitrogens is 2. The van der Waals surface area contributed by atoms with Gasteiger partial charge in [0.1, 0.15) is 5.82 Å². The molecule has 2 amide bonds. The zero-order chi connectivity index (χ0) is 19.4. The highest BCUT2D eigenvalue weighted by Crippen LogP contribution is 2.27. The second-order valence-electron chi connectivity index (χ2n) is 6.49. The molecule has 2 aromatic rings. The largest absolute Gasteiger partial charge is 0.366 e. The van der Waals surface area contributed by atoms with Crippen LogP contribution in [-0.2, 0) is 4.79 Å². The lowest BCUT2D eigenvalue weighted by Crippen LogP contribution is -2.32. The first-order valence-corrected chi connectivity index (χ1v) is 9.51. The van der Waals surface area contributed by atoms with E-state index in [0.717, 1.165) is 29.8 Å². The van der Waals surface area contributed by atoms with Crippen LogP contribution >= 0.6 is 11.3 Å². The summed E-state index contributed by atoms with van der Waals surface area (Å²) in [5, 5.41) is 12.2. The quantitative estimate of drug-likeness (QED) is 0.542. The van der Waals surface area contributed by atoms with Crippen molar-refractivity contribution in [3.63, 3.8) is 0 Å². The maximum absolute atomic E-state index is 11.7. The fourth-order valence-corrected chi connectivity index (χ4v) is 3.84. The zero-order valence-electron chi connectivity index (χ0n) is 15.0. The predicted molar refractivity (Wildman–Crippen MR) is 106 cm³/mol. The molecule has 0 saturated heterocycles. The topological polar surface area (TPSA) is 122 Å². The van der Waals surface area contributed by atoms with Gasteiger partial charge in [-0.3, -0.25) is 9.59 Å². The van der Waals surface area contributed by atoms with E-state index in [1.807, 2.05) is 18.4 Å². The maximum atomic E-state index is 11.7. The van der Waals surface area contributed by atoms with Crippen molar-refractivity contribution in [2.24, 2.45) is 5.73 Å². The van der Waals surface area contributed by atoms with E-state index in [-0.39, 0.29) is 23.7 Å². The van der Waals surface area contributed by atoms with Crippen LogP contribution in [0.4, 0.5) is 16.6 Å². The number of carbonyl (C=O) groups is 2. The number of anilines is 3. The molecule has 0 bridgehead atoms. The average Bonchev–Trinajstić information content (AvgIpc) is 3.23. The van der Waals surface area contributed by atoms with Crippen LogP contribution in [0.3, 0.4) is 0 Å². The Morgan fingerprint density at radius 1 is 1.37 bits per heavy atom. The molecule has 1 aliphatic carbocycles. The lowest BCUT2D eigenvalue weighted by atomic mass is 10.2. The molecule has 1 aliphatic rings. The maximum Gasteiger partial charge on any atom is 0.271 e. The summed E-state index contributed by atoms with van der Waals surface area (Å²) in [6.45, 7) is 5.46. The summed E-state index contributed by atoms with van der Waals surface area (Å²) in [4.78, 5) is 31.7.